The van der Waals surface area contributed by atoms with E-state index in [1.807, 2.05) is 86.7 Å². The molecule has 0 saturated carbocycles. The van der Waals surface area contributed by atoms with Gasteiger partial charge >= 0.3 is 0 Å². The van der Waals surface area contributed by atoms with E-state index >= 15 is 0 Å². The van der Waals surface area contributed by atoms with Crippen LogP contribution in [0.5, 0.6) is 11.5 Å². The predicted molar refractivity (Wildman–Crippen MR) is 144 cm³/mol. The van der Waals surface area contributed by atoms with Crippen molar-refractivity contribution >= 4 is 46.2 Å². The summed E-state index contributed by atoms with van der Waals surface area (Å²) in [5.41, 5.74) is 2.57. The van der Waals surface area contributed by atoms with Gasteiger partial charge in [-0.05, 0) is 66.6 Å². The fourth-order valence-electron chi connectivity index (χ4n) is 3.48. The van der Waals surface area contributed by atoms with Crippen LogP contribution >= 0.6 is 23.4 Å². The van der Waals surface area contributed by atoms with Crippen LogP contribution in [0.2, 0.25) is 5.02 Å². The van der Waals surface area contributed by atoms with Crippen molar-refractivity contribution in [2.75, 3.05) is 7.11 Å². The number of halogens is 1. The maximum Gasteiger partial charge on any atom is 0.267 e. The molecule has 0 N–H and O–H groups in total. The molecule has 3 aromatic rings. The number of benzene rings is 3. The molecule has 1 amide bonds. The Morgan fingerprint density at radius 3 is 2.43 bits per heavy atom. The van der Waals surface area contributed by atoms with Crippen molar-refractivity contribution in [3.63, 3.8) is 0 Å². The number of amides is 1. The number of ether oxygens (including phenoxy) is 2. The third kappa shape index (κ3) is 6.08. The molecular formula is C28H27ClN2O3S. The Hall–Kier alpha value is -3.22. The molecule has 1 aliphatic rings. The average molecular weight is 507 g/mol. The Balaban J connectivity index is 1.69. The molecule has 3 aromatic carbocycles. The van der Waals surface area contributed by atoms with Gasteiger partial charge in [-0.25, -0.2) is 4.99 Å². The zero-order valence-electron chi connectivity index (χ0n) is 19.9. The molecule has 35 heavy (non-hydrogen) atoms. The van der Waals surface area contributed by atoms with Gasteiger partial charge in [0.2, 0.25) is 0 Å². The molecule has 0 unspecified atom stereocenters. The lowest BCUT2D eigenvalue weighted by molar-refractivity contribution is -0.122. The first kappa shape index (κ1) is 24.9. The van der Waals surface area contributed by atoms with Crippen LogP contribution in [0, 0.1) is 0 Å². The summed E-state index contributed by atoms with van der Waals surface area (Å²) in [4.78, 5) is 20.5. The van der Waals surface area contributed by atoms with E-state index in [0.29, 0.717) is 33.1 Å². The van der Waals surface area contributed by atoms with E-state index in [1.165, 1.54) is 11.8 Å². The van der Waals surface area contributed by atoms with Crippen LogP contribution in [0.15, 0.2) is 82.7 Å². The maximum absolute atomic E-state index is 13.5. The Morgan fingerprint density at radius 1 is 1.09 bits per heavy atom. The van der Waals surface area contributed by atoms with E-state index in [0.717, 1.165) is 23.2 Å². The summed E-state index contributed by atoms with van der Waals surface area (Å²) >= 11 is 7.89. The first-order valence-electron chi connectivity index (χ1n) is 11.4. The topological polar surface area (TPSA) is 51.1 Å². The first-order valence-corrected chi connectivity index (χ1v) is 12.6. The first-order chi connectivity index (χ1) is 17.0. The zero-order valence-corrected chi connectivity index (χ0v) is 21.5. The number of para-hydroxylation sites is 1. The average Bonchev–Trinajstić information content (AvgIpc) is 3.15. The lowest BCUT2D eigenvalue weighted by Crippen LogP contribution is -2.28. The molecule has 1 aliphatic heterocycles. The molecule has 0 aliphatic carbocycles. The largest absolute Gasteiger partial charge is 0.493 e. The SMILES string of the molecule is CC[C@H](C)Oc1c(Cl)cc(/C=C2\SC(=Nc3ccccc3)N(Cc3ccccc3)C2=O)cc1OC. The highest BCUT2D eigenvalue weighted by Gasteiger charge is 2.33. The van der Waals surface area contributed by atoms with Crippen molar-refractivity contribution in [3.8, 4) is 11.5 Å². The van der Waals surface area contributed by atoms with Gasteiger partial charge in [0.05, 0.1) is 35.4 Å². The van der Waals surface area contributed by atoms with Crippen molar-refractivity contribution in [1.29, 1.82) is 0 Å². The molecule has 5 nitrogen and oxygen atoms in total. The highest BCUT2D eigenvalue weighted by atomic mass is 35.5. The Labute approximate surface area is 215 Å². The second-order valence-corrected chi connectivity index (χ2v) is 9.50. The van der Waals surface area contributed by atoms with Crippen LogP contribution in [0.3, 0.4) is 0 Å². The number of carbonyl (C=O) groups is 1. The third-order valence-electron chi connectivity index (χ3n) is 5.50. The normalized spacial score (nSPS) is 16.7. The van der Waals surface area contributed by atoms with Gasteiger partial charge in [-0.2, -0.15) is 0 Å². The molecule has 180 valence electrons. The highest BCUT2D eigenvalue weighted by Crippen LogP contribution is 2.40. The zero-order chi connectivity index (χ0) is 24.8. The second-order valence-electron chi connectivity index (χ2n) is 8.09. The standard InChI is InChI=1S/C28H27ClN2O3S/c1-4-19(2)34-26-23(29)15-21(16-24(26)33-3)17-25-27(32)31(18-20-11-7-5-8-12-20)28(35-25)30-22-13-9-6-10-14-22/h5-17,19H,4,18H2,1-3H3/b25-17-,30-28?/t19-/m0/s1. The van der Waals surface area contributed by atoms with Crippen LogP contribution in [-0.4, -0.2) is 29.2 Å². The number of nitrogens with zero attached hydrogens (tertiary/aromatic N) is 2. The number of hydrogen-bond donors (Lipinski definition) is 0. The van der Waals surface area contributed by atoms with Gasteiger partial charge in [-0.15, -0.1) is 0 Å². The molecule has 1 heterocycles. The number of thioether (sulfide) groups is 1. The quantitative estimate of drug-likeness (QED) is 0.300. The van der Waals surface area contributed by atoms with Crippen LogP contribution in [0.4, 0.5) is 5.69 Å². The van der Waals surface area contributed by atoms with Crippen molar-refractivity contribution in [3.05, 3.63) is 93.9 Å². The monoisotopic (exact) mass is 506 g/mol. The van der Waals surface area contributed by atoms with Crippen LogP contribution < -0.4 is 9.47 Å². The van der Waals surface area contributed by atoms with E-state index in [1.54, 1.807) is 18.1 Å². The van der Waals surface area contributed by atoms with Gasteiger partial charge in [0, 0.05) is 0 Å². The number of methoxy groups -OCH3 is 1. The number of aliphatic imine (C=N–C) groups is 1. The molecule has 1 saturated heterocycles. The van der Waals surface area contributed by atoms with Crippen molar-refractivity contribution in [2.24, 2.45) is 4.99 Å². The Morgan fingerprint density at radius 2 is 1.77 bits per heavy atom. The van der Waals surface area contributed by atoms with Gasteiger partial charge < -0.3 is 9.47 Å². The summed E-state index contributed by atoms with van der Waals surface area (Å²) in [5.74, 6) is 0.927. The molecule has 0 aromatic heterocycles. The molecule has 0 spiro atoms. The van der Waals surface area contributed by atoms with E-state index in [9.17, 15) is 4.79 Å². The third-order valence-corrected chi connectivity index (χ3v) is 6.78. The summed E-state index contributed by atoms with van der Waals surface area (Å²) < 4.78 is 11.5. The van der Waals surface area contributed by atoms with Crippen LogP contribution in [0.25, 0.3) is 6.08 Å². The summed E-state index contributed by atoms with van der Waals surface area (Å²) in [6.07, 6.45) is 2.66. The molecular weight excluding hydrogens is 480 g/mol. The molecule has 0 bridgehead atoms. The van der Waals surface area contributed by atoms with Gasteiger partial charge in [-0.1, -0.05) is 67.1 Å². The predicted octanol–water partition coefficient (Wildman–Crippen LogP) is 7.33. The fraction of sp³-hybridized carbons (Fsp3) is 0.214. The minimum Gasteiger partial charge on any atom is -0.493 e. The van der Waals surface area contributed by atoms with Gasteiger partial charge in [-0.3, -0.25) is 9.69 Å². The molecule has 1 fully saturated rings. The molecule has 7 heteroatoms. The van der Waals surface area contributed by atoms with Gasteiger partial charge in [0.25, 0.3) is 5.91 Å². The number of amidine groups is 1. The molecule has 1 atom stereocenters. The molecule has 4 rings (SSSR count). The summed E-state index contributed by atoms with van der Waals surface area (Å²) in [6.45, 7) is 4.46. The second kappa shape index (κ2) is 11.5. The smallest absolute Gasteiger partial charge is 0.267 e. The van der Waals surface area contributed by atoms with Crippen molar-refractivity contribution in [2.45, 2.75) is 32.9 Å². The summed E-state index contributed by atoms with van der Waals surface area (Å²) in [6, 6.07) is 23.1. The van der Waals surface area contributed by atoms with E-state index in [4.69, 9.17) is 26.1 Å². The lowest BCUT2D eigenvalue weighted by Gasteiger charge is -2.17. The van der Waals surface area contributed by atoms with Gasteiger partial charge in [0.1, 0.15) is 0 Å². The number of carbonyl (C=O) groups excluding carboxylic acids is 1. The Bertz CT molecular complexity index is 1250. The summed E-state index contributed by atoms with van der Waals surface area (Å²) in [7, 11) is 1.58. The number of hydrogen-bond acceptors (Lipinski definition) is 5. The van der Waals surface area contributed by atoms with E-state index in [2.05, 4.69) is 0 Å². The van der Waals surface area contributed by atoms with E-state index in [-0.39, 0.29) is 12.0 Å². The minimum absolute atomic E-state index is 0.000807. The minimum atomic E-state index is -0.108. The van der Waals surface area contributed by atoms with Crippen molar-refractivity contribution < 1.29 is 14.3 Å². The van der Waals surface area contributed by atoms with Gasteiger partial charge in [0.15, 0.2) is 16.7 Å². The number of rotatable bonds is 8. The highest BCUT2D eigenvalue weighted by molar-refractivity contribution is 8.18. The molecule has 0 radical (unpaired) electrons. The fourth-order valence-corrected chi connectivity index (χ4v) is 4.74. The lowest BCUT2D eigenvalue weighted by atomic mass is 10.1. The van der Waals surface area contributed by atoms with Crippen LogP contribution in [-0.2, 0) is 11.3 Å². The summed E-state index contributed by atoms with van der Waals surface area (Å²) in [5, 5.41) is 1.07. The Kier molecular flexibility index (Phi) is 8.16. The van der Waals surface area contributed by atoms with Crippen molar-refractivity contribution in [1.82, 2.24) is 4.90 Å². The van der Waals surface area contributed by atoms with E-state index < -0.39 is 0 Å². The van der Waals surface area contributed by atoms with Crippen LogP contribution in [0.1, 0.15) is 31.4 Å². The maximum atomic E-state index is 13.5.